The number of para-hydroxylation sites is 2. The van der Waals surface area contributed by atoms with Crippen molar-refractivity contribution in [1.82, 2.24) is 0 Å². The minimum Gasteiger partial charge on any atom is -0.310 e. The highest BCUT2D eigenvalue weighted by Gasteiger charge is 2.24. The molecular formula is C60H46N2. The Morgan fingerprint density at radius 3 is 0.968 bits per heavy atom. The first-order valence-corrected chi connectivity index (χ1v) is 21.9. The standard InChI is InChI=1S/C48H36N2.C12H10/c1-3-13-39(14-4-1)49(45-31-23-37-11-7-9-35-21-29-43(45)47(35)37)41-25-17-33(18-26-41)34-19-27-42(28-20-34)50(40-15-5-2-6-16-40)46-32-24-38-12-8-10-36-22-30-44(46)48(36)38;1-3-7-11(8-4-1)12-9-5-2-6-10-12/h1-20,23-28,31-32H,21-22,29-30H2;1-10H. The average Bonchev–Trinajstić information content (AvgIpc) is 4.00. The number of rotatable bonds is 8. The van der Waals surface area contributed by atoms with Crippen LogP contribution in [0.3, 0.4) is 0 Å². The Hall–Kier alpha value is -7.68. The Morgan fingerprint density at radius 2 is 0.581 bits per heavy atom. The molecule has 62 heavy (non-hydrogen) atoms. The first-order chi connectivity index (χ1) is 30.8. The number of hydrogen-bond donors (Lipinski definition) is 0. The average molecular weight is 795 g/mol. The van der Waals surface area contributed by atoms with E-state index in [1.165, 1.54) is 100 Å². The molecular weight excluding hydrogens is 749 g/mol. The maximum absolute atomic E-state index is 2.43. The van der Waals surface area contributed by atoms with Gasteiger partial charge in [-0.25, -0.2) is 0 Å². The maximum atomic E-state index is 2.43. The number of benzene rings is 10. The summed E-state index contributed by atoms with van der Waals surface area (Å²) in [7, 11) is 0. The molecule has 2 nitrogen and oxygen atoms in total. The summed E-state index contributed by atoms with van der Waals surface area (Å²) >= 11 is 0. The van der Waals surface area contributed by atoms with E-state index in [1.54, 1.807) is 0 Å². The summed E-state index contributed by atoms with van der Waals surface area (Å²) in [5.41, 5.74) is 18.0. The Labute approximate surface area is 364 Å². The molecule has 0 heterocycles. The van der Waals surface area contributed by atoms with Crippen molar-refractivity contribution in [3.63, 3.8) is 0 Å². The van der Waals surface area contributed by atoms with Crippen LogP contribution in [0, 0.1) is 0 Å². The molecule has 0 aliphatic heterocycles. The van der Waals surface area contributed by atoms with Crippen LogP contribution < -0.4 is 9.80 Å². The van der Waals surface area contributed by atoms with Gasteiger partial charge in [0, 0.05) is 34.1 Å². The van der Waals surface area contributed by atoms with Crippen LogP contribution in [0.25, 0.3) is 43.8 Å². The van der Waals surface area contributed by atoms with Crippen LogP contribution in [-0.4, -0.2) is 0 Å². The summed E-state index contributed by atoms with van der Waals surface area (Å²) in [4.78, 5) is 4.86. The smallest absolute Gasteiger partial charge is 0.0500 e. The second-order valence-electron chi connectivity index (χ2n) is 16.3. The molecule has 12 rings (SSSR count). The maximum Gasteiger partial charge on any atom is 0.0500 e. The fraction of sp³-hybridized carbons (Fsp3) is 0.0667. The van der Waals surface area contributed by atoms with Gasteiger partial charge in [0.2, 0.25) is 0 Å². The number of nitrogens with zero attached hydrogens (tertiary/aromatic N) is 2. The summed E-state index contributed by atoms with van der Waals surface area (Å²) in [6, 6.07) is 83.2. The zero-order valence-electron chi connectivity index (χ0n) is 34.7. The summed E-state index contributed by atoms with van der Waals surface area (Å²) < 4.78 is 0. The molecule has 10 aromatic carbocycles. The van der Waals surface area contributed by atoms with Gasteiger partial charge in [0.25, 0.3) is 0 Å². The van der Waals surface area contributed by atoms with Crippen molar-refractivity contribution in [1.29, 1.82) is 0 Å². The van der Waals surface area contributed by atoms with Crippen molar-refractivity contribution in [2.24, 2.45) is 0 Å². The van der Waals surface area contributed by atoms with Crippen molar-refractivity contribution in [2.75, 3.05) is 9.80 Å². The van der Waals surface area contributed by atoms with E-state index in [4.69, 9.17) is 0 Å². The second kappa shape index (κ2) is 16.4. The molecule has 0 atom stereocenters. The summed E-state index contributed by atoms with van der Waals surface area (Å²) in [5.74, 6) is 0. The van der Waals surface area contributed by atoms with E-state index in [9.17, 15) is 0 Å². The van der Waals surface area contributed by atoms with Gasteiger partial charge < -0.3 is 9.80 Å². The molecule has 2 aliphatic carbocycles. The highest BCUT2D eigenvalue weighted by Crippen LogP contribution is 2.45. The summed E-state index contributed by atoms with van der Waals surface area (Å²) in [5, 5.41) is 5.55. The van der Waals surface area contributed by atoms with Gasteiger partial charge in [-0.15, -0.1) is 0 Å². The van der Waals surface area contributed by atoms with Gasteiger partial charge in [-0.1, -0.05) is 170 Å². The van der Waals surface area contributed by atoms with E-state index >= 15 is 0 Å². The first kappa shape index (κ1) is 37.3. The van der Waals surface area contributed by atoms with Crippen LogP contribution in [-0.2, 0) is 25.7 Å². The van der Waals surface area contributed by atoms with Crippen molar-refractivity contribution < 1.29 is 0 Å². The predicted molar refractivity (Wildman–Crippen MR) is 263 cm³/mol. The number of aryl methyl sites for hydroxylation is 4. The van der Waals surface area contributed by atoms with Crippen LogP contribution in [0.1, 0.15) is 22.3 Å². The van der Waals surface area contributed by atoms with Gasteiger partial charge in [-0.05, 0) is 152 Å². The Kier molecular flexibility index (Phi) is 9.88. The van der Waals surface area contributed by atoms with E-state index < -0.39 is 0 Å². The van der Waals surface area contributed by atoms with E-state index in [0.29, 0.717) is 0 Å². The van der Waals surface area contributed by atoms with Crippen LogP contribution in [0.15, 0.2) is 231 Å². The van der Waals surface area contributed by atoms with E-state index in [2.05, 4.69) is 228 Å². The Balaban J connectivity index is 0.000000311. The minimum absolute atomic E-state index is 1.07. The Bertz CT molecular complexity index is 2920. The lowest BCUT2D eigenvalue weighted by molar-refractivity contribution is 1.02. The third-order valence-electron chi connectivity index (χ3n) is 12.7. The lowest BCUT2D eigenvalue weighted by atomic mass is 10.0. The topological polar surface area (TPSA) is 6.48 Å². The zero-order chi connectivity index (χ0) is 41.2. The van der Waals surface area contributed by atoms with Crippen LogP contribution in [0.4, 0.5) is 34.1 Å². The molecule has 0 spiro atoms. The van der Waals surface area contributed by atoms with Gasteiger partial charge in [0.15, 0.2) is 0 Å². The minimum atomic E-state index is 1.07. The van der Waals surface area contributed by atoms with E-state index in [0.717, 1.165) is 25.7 Å². The largest absolute Gasteiger partial charge is 0.310 e. The number of anilines is 6. The van der Waals surface area contributed by atoms with Gasteiger partial charge in [-0.2, -0.15) is 0 Å². The monoisotopic (exact) mass is 794 g/mol. The molecule has 296 valence electrons. The molecule has 10 aromatic rings. The van der Waals surface area contributed by atoms with E-state index in [1.807, 2.05) is 12.1 Å². The van der Waals surface area contributed by atoms with Crippen molar-refractivity contribution in [2.45, 2.75) is 25.7 Å². The molecule has 0 unspecified atom stereocenters. The lowest BCUT2D eigenvalue weighted by Crippen LogP contribution is -2.12. The third-order valence-corrected chi connectivity index (χ3v) is 12.7. The molecule has 0 fully saturated rings. The quantitative estimate of drug-likeness (QED) is 0.151. The van der Waals surface area contributed by atoms with Crippen molar-refractivity contribution >= 4 is 55.7 Å². The zero-order valence-corrected chi connectivity index (χ0v) is 34.7. The summed E-state index contributed by atoms with van der Waals surface area (Å²) in [6.45, 7) is 0. The molecule has 0 saturated heterocycles. The second-order valence-corrected chi connectivity index (χ2v) is 16.3. The normalized spacial score (nSPS) is 12.3. The molecule has 2 heteroatoms. The number of hydrogen-bond acceptors (Lipinski definition) is 2. The van der Waals surface area contributed by atoms with Gasteiger partial charge in [0.1, 0.15) is 0 Å². The molecule has 0 saturated carbocycles. The fourth-order valence-electron chi connectivity index (χ4n) is 9.79. The third kappa shape index (κ3) is 7.00. The summed E-state index contributed by atoms with van der Waals surface area (Å²) in [6.07, 6.45) is 4.35. The van der Waals surface area contributed by atoms with Crippen molar-refractivity contribution in [3.05, 3.63) is 253 Å². The highest BCUT2D eigenvalue weighted by atomic mass is 15.1. The highest BCUT2D eigenvalue weighted by molar-refractivity contribution is 5.98. The molecule has 0 radical (unpaired) electrons. The molecule has 0 N–H and O–H groups in total. The molecule has 2 aliphatic rings. The van der Waals surface area contributed by atoms with Gasteiger partial charge >= 0.3 is 0 Å². The van der Waals surface area contributed by atoms with Crippen LogP contribution in [0.2, 0.25) is 0 Å². The Morgan fingerprint density at radius 1 is 0.242 bits per heavy atom. The van der Waals surface area contributed by atoms with Gasteiger partial charge in [-0.3, -0.25) is 0 Å². The SMILES string of the molecule is c1ccc(-c2ccccc2)cc1.c1ccc(N(c2ccc(-c3ccc(N(c4ccccc4)c4ccc5cccc6c5c4CC6)cc3)cc2)c2ccc3cccc4c3c2CC4)cc1. The van der Waals surface area contributed by atoms with Gasteiger partial charge in [0.05, 0.1) is 0 Å². The fourth-order valence-corrected chi connectivity index (χ4v) is 9.79. The first-order valence-electron chi connectivity index (χ1n) is 21.9. The molecule has 0 bridgehead atoms. The van der Waals surface area contributed by atoms with Crippen LogP contribution >= 0.6 is 0 Å². The van der Waals surface area contributed by atoms with E-state index in [-0.39, 0.29) is 0 Å². The molecule has 0 aromatic heterocycles. The van der Waals surface area contributed by atoms with Crippen molar-refractivity contribution in [3.8, 4) is 22.3 Å². The predicted octanol–water partition coefficient (Wildman–Crippen LogP) is 16.2. The lowest BCUT2D eigenvalue weighted by Gasteiger charge is -2.28. The van der Waals surface area contributed by atoms with Crippen LogP contribution in [0.5, 0.6) is 0 Å². The molecule has 0 amide bonds.